The van der Waals surface area contributed by atoms with Crippen molar-refractivity contribution in [2.75, 3.05) is 6.54 Å². The first-order valence-electron chi connectivity index (χ1n) is 6.24. The fraction of sp³-hybridized carbons (Fsp3) is 0.538. The Balaban J connectivity index is 2.79. The summed E-state index contributed by atoms with van der Waals surface area (Å²) >= 11 is 3.41. The summed E-state index contributed by atoms with van der Waals surface area (Å²) in [5.74, 6) is 0. The number of halogens is 1. The lowest BCUT2D eigenvalue weighted by Gasteiger charge is -2.17. The lowest BCUT2D eigenvalue weighted by Crippen LogP contribution is -2.30. The summed E-state index contributed by atoms with van der Waals surface area (Å²) in [7, 11) is 0. The van der Waals surface area contributed by atoms with Gasteiger partial charge in [0.05, 0.1) is 4.92 Å². The topological polar surface area (TPSA) is 55.2 Å². The highest BCUT2D eigenvalue weighted by atomic mass is 79.9. The van der Waals surface area contributed by atoms with Crippen LogP contribution in [0.25, 0.3) is 0 Å². The second-order valence-electron chi connectivity index (χ2n) is 4.28. The van der Waals surface area contributed by atoms with Gasteiger partial charge in [0.1, 0.15) is 0 Å². The second kappa shape index (κ2) is 7.48. The van der Waals surface area contributed by atoms with Crippen LogP contribution in [0.1, 0.15) is 32.3 Å². The summed E-state index contributed by atoms with van der Waals surface area (Å²) in [6.45, 7) is 5.19. The van der Waals surface area contributed by atoms with E-state index in [9.17, 15) is 10.1 Å². The average Bonchev–Trinajstić information content (AvgIpc) is 2.32. The van der Waals surface area contributed by atoms with Gasteiger partial charge in [0, 0.05) is 22.6 Å². The molecule has 0 aliphatic heterocycles. The summed E-state index contributed by atoms with van der Waals surface area (Å²) in [4.78, 5) is 10.3. The summed E-state index contributed by atoms with van der Waals surface area (Å²) in [6.07, 6.45) is 3.12. The fourth-order valence-electron chi connectivity index (χ4n) is 1.99. The highest BCUT2D eigenvalue weighted by Crippen LogP contribution is 2.24. The minimum Gasteiger partial charge on any atom is -0.314 e. The molecule has 0 aromatic heterocycles. The van der Waals surface area contributed by atoms with E-state index in [2.05, 4.69) is 35.1 Å². The molecule has 1 unspecified atom stereocenters. The predicted octanol–water partition coefficient (Wildman–Crippen LogP) is 3.68. The molecule has 0 saturated heterocycles. The zero-order valence-corrected chi connectivity index (χ0v) is 12.4. The maximum absolute atomic E-state index is 10.7. The lowest BCUT2D eigenvalue weighted by molar-refractivity contribution is -0.384. The second-order valence-corrected chi connectivity index (χ2v) is 5.13. The molecule has 1 atom stereocenters. The maximum Gasteiger partial charge on any atom is 0.270 e. The Labute approximate surface area is 116 Å². The molecule has 1 aromatic carbocycles. The van der Waals surface area contributed by atoms with Crippen molar-refractivity contribution >= 4 is 21.6 Å². The Hall–Kier alpha value is -0.940. The Morgan fingerprint density at radius 2 is 2.17 bits per heavy atom. The zero-order valence-electron chi connectivity index (χ0n) is 10.8. The van der Waals surface area contributed by atoms with Crippen molar-refractivity contribution in [1.82, 2.24) is 5.32 Å². The van der Waals surface area contributed by atoms with Gasteiger partial charge in [0.2, 0.25) is 0 Å². The maximum atomic E-state index is 10.7. The molecule has 0 radical (unpaired) electrons. The lowest BCUT2D eigenvalue weighted by atomic mass is 10.0. The van der Waals surface area contributed by atoms with Crippen LogP contribution in [0.15, 0.2) is 22.7 Å². The number of non-ortho nitro benzene ring substituents is 1. The molecule has 1 N–H and O–H groups in total. The third-order valence-corrected chi connectivity index (χ3v) is 3.58. The fourth-order valence-corrected chi connectivity index (χ4v) is 2.52. The van der Waals surface area contributed by atoms with Crippen molar-refractivity contribution in [2.24, 2.45) is 0 Å². The number of hydrogen-bond donors (Lipinski definition) is 1. The number of nitro groups is 1. The zero-order chi connectivity index (χ0) is 13.5. The van der Waals surface area contributed by atoms with Crippen LogP contribution in [0.4, 0.5) is 5.69 Å². The van der Waals surface area contributed by atoms with Gasteiger partial charge in [-0.2, -0.15) is 0 Å². The monoisotopic (exact) mass is 314 g/mol. The number of rotatable bonds is 7. The van der Waals surface area contributed by atoms with Crippen LogP contribution in [-0.2, 0) is 6.42 Å². The van der Waals surface area contributed by atoms with E-state index in [0.717, 1.165) is 35.8 Å². The molecule has 0 heterocycles. The van der Waals surface area contributed by atoms with Gasteiger partial charge >= 0.3 is 0 Å². The first-order valence-corrected chi connectivity index (χ1v) is 7.04. The minimum atomic E-state index is -0.373. The van der Waals surface area contributed by atoms with Crippen LogP contribution in [0.5, 0.6) is 0 Å². The summed E-state index contributed by atoms with van der Waals surface area (Å²) in [6, 6.07) is 5.40. The Bertz CT molecular complexity index is 404. The Morgan fingerprint density at radius 3 is 2.67 bits per heavy atom. The third-order valence-electron chi connectivity index (χ3n) is 2.84. The van der Waals surface area contributed by atoms with E-state index in [1.54, 1.807) is 12.1 Å². The van der Waals surface area contributed by atoms with Crippen molar-refractivity contribution in [3.8, 4) is 0 Å². The molecule has 0 spiro atoms. The molecule has 0 saturated carbocycles. The van der Waals surface area contributed by atoms with Crippen LogP contribution in [0.3, 0.4) is 0 Å². The molecule has 1 rings (SSSR count). The predicted molar refractivity (Wildman–Crippen MR) is 76.9 cm³/mol. The number of benzene rings is 1. The number of nitro benzene ring substituents is 1. The average molecular weight is 315 g/mol. The van der Waals surface area contributed by atoms with Crippen LogP contribution >= 0.6 is 15.9 Å². The van der Waals surface area contributed by atoms with Crippen molar-refractivity contribution in [3.63, 3.8) is 0 Å². The molecule has 4 nitrogen and oxygen atoms in total. The normalized spacial score (nSPS) is 12.4. The Morgan fingerprint density at radius 1 is 1.44 bits per heavy atom. The highest BCUT2D eigenvalue weighted by molar-refractivity contribution is 9.10. The molecular formula is C13H19BrN2O2. The van der Waals surface area contributed by atoms with Crippen molar-refractivity contribution in [1.29, 1.82) is 0 Å². The third kappa shape index (κ3) is 4.38. The number of likely N-dealkylation sites (N-methyl/N-ethyl adjacent to an activating group) is 1. The van der Waals surface area contributed by atoms with Crippen molar-refractivity contribution in [3.05, 3.63) is 38.3 Å². The summed E-state index contributed by atoms with van der Waals surface area (Å²) in [5.41, 5.74) is 1.24. The van der Waals surface area contributed by atoms with Gasteiger partial charge in [0.25, 0.3) is 5.69 Å². The first-order chi connectivity index (χ1) is 8.58. The molecule has 0 fully saturated rings. The van der Waals surface area contributed by atoms with Crippen LogP contribution < -0.4 is 5.32 Å². The summed E-state index contributed by atoms with van der Waals surface area (Å²) < 4.78 is 0.815. The largest absolute Gasteiger partial charge is 0.314 e. The molecular weight excluding hydrogens is 296 g/mol. The van der Waals surface area contributed by atoms with E-state index < -0.39 is 0 Å². The van der Waals surface area contributed by atoms with E-state index >= 15 is 0 Å². The van der Waals surface area contributed by atoms with E-state index in [-0.39, 0.29) is 10.6 Å². The molecule has 18 heavy (non-hydrogen) atoms. The van der Waals surface area contributed by atoms with E-state index in [0.29, 0.717) is 6.04 Å². The van der Waals surface area contributed by atoms with Crippen LogP contribution in [0, 0.1) is 10.1 Å². The Kier molecular flexibility index (Phi) is 6.29. The first kappa shape index (κ1) is 15.1. The van der Waals surface area contributed by atoms with Crippen LogP contribution in [0.2, 0.25) is 0 Å². The van der Waals surface area contributed by atoms with Gasteiger partial charge in [-0.25, -0.2) is 0 Å². The quantitative estimate of drug-likeness (QED) is 0.617. The van der Waals surface area contributed by atoms with E-state index in [1.165, 1.54) is 0 Å². The van der Waals surface area contributed by atoms with Crippen LogP contribution in [-0.4, -0.2) is 17.5 Å². The molecule has 0 amide bonds. The van der Waals surface area contributed by atoms with Crippen molar-refractivity contribution in [2.45, 2.75) is 39.2 Å². The standard InChI is InChI=1S/C13H19BrN2O2/c1-3-5-11(15-4-2)8-10-6-7-12(16(17)18)9-13(10)14/h6-7,9,11,15H,3-5,8H2,1-2H3. The van der Waals surface area contributed by atoms with Gasteiger partial charge in [-0.15, -0.1) is 0 Å². The molecule has 100 valence electrons. The van der Waals surface area contributed by atoms with Gasteiger partial charge in [0.15, 0.2) is 0 Å². The minimum absolute atomic E-state index is 0.126. The van der Waals surface area contributed by atoms with Gasteiger partial charge < -0.3 is 5.32 Å². The molecule has 0 bridgehead atoms. The number of nitrogens with one attached hydrogen (secondary N) is 1. The van der Waals surface area contributed by atoms with Gasteiger partial charge in [-0.3, -0.25) is 10.1 Å². The number of nitrogens with zero attached hydrogens (tertiary/aromatic N) is 1. The summed E-state index contributed by atoms with van der Waals surface area (Å²) in [5, 5.41) is 14.1. The molecule has 5 heteroatoms. The van der Waals surface area contributed by atoms with E-state index in [4.69, 9.17) is 0 Å². The van der Waals surface area contributed by atoms with Crippen molar-refractivity contribution < 1.29 is 4.92 Å². The molecule has 1 aromatic rings. The van der Waals surface area contributed by atoms with Gasteiger partial charge in [-0.1, -0.05) is 42.3 Å². The SMILES string of the molecule is CCCC(Cc1ccc([N+](=O)[O-])cc1Br)NCC. The number of hydrogen-bond acceptors (Lipinski definition) is 3. The smallest absolute Gasteiger partial charge is 0.270 e. The highest BCUT2D eigenvalue weighted by Gasteiger charge is 2.13. The van der Waals surface area contributed by atoms with E-state index in [1.807, 2.05) is 6.07 Å². The molecule has 0 aliphatic rings. The van der Waals surface area contributed by atoms with Gasteiger partial charge in [-0.05, 0) is 24.9 Å². The molecule has 0 aliphatic carbocycles.